The van der Waals surface area contributed by atoms with E-state index in [0.29, 0.717) is 43.1 Å². The lowest BCUT2D eigenvalue weighted by molar-refractivity contribution is 0.0983. The highest BCUT2D eigenvalue weighted by molar-refractivity contribution is 7.19. The minimum atomic E-state index is -0.247. The van der Waals surface area contributed by atoms with Crippen molar-refractivity contribution in [1.29, 1.82) is 0 Å². The van der Waals surface area contributed by atoms with Gasteiger partial charge < -0.3 is 10.5 Å². The van der Waals surface area contributed by atoms with Crippen LogP contribution in [-0.2, 0) is 19.6 Å². The van der Waals surface area contributed by atoms with Gasteiger partial charge >= 0.3 is 0 Å². The van der Waals surface area contributed by atoms with E-state index in [1.165, 1.54) is 18.5 Å². The molecule has 0 radical (unpaired) electrons. The number of Topliss-reactive ketones (excluding diaryl/α,β-unsaturated/α-hetero) is 1. The fourth-order valence-electron chi connectivity index (χ4n) is 3.13. The molecule has 0 bridgehead atoms. The molecule has 0 fully saturated rings. The van der Waals surface area contributed by atoms with Crippen LogP contribution in [0.25, 0.3) is 10.1 Å². The summed E-state index contributed by atoms with van der Waals surface area (Å²) in [5.41, 5.74) is 7.81. The fourth-order valence-corrected chi connectivity index (χ4v) is 4.18. The standard InChI is InChI=1S/C23H20FN3O2S.ClH/c24-18-4-7-22-17(9-18)10-20(30-22)5-6-21(28)16-3-1-2-15(8-16)13-29-23-11-19(12-25)26-14-27-23;/h1-4,7-11,14H,5-6,12-13,25H2;1H. The maximum absolute atomic E-state index is 13.4. The average Bonchev–Trinajstić information content (AvgIpc) is 3.18. The average molecular weight is 458 g/mol. The summed E-state index contributed by atoms with van der Waals surface area (Å²) in [6.07, 6.45) is 2.44. The van der Waals surface area contributed by atoms with Crippen molar-refractivity contribution in [2.45, 2.75) is 26.0 Å². The van der Waals surface area contributed by atoms with E-state index in [-0.39, 0.29) is 24.0 Å². The van der Waals surface area contributed by atoms with Crippen LogP contribution >= 0.6 is 23.7 Å². The Kier molecular flexibility index (Phi) is 7.68. The van der Waals surface area contributed by atoms with Gasteiger partial charge in [-0.2, -0.15) is 0 Å². The molecule has 4 rings (SSSR count). The highest BCUT2D eigenvalue weighted by Gasteiger charge is 2.10. The lowest BCUT2D eigenvalue weighted by atomic mass is 10.0. The second kappa shape index (κ2) is 10.4. The molecule has 160 valence electrons. The van der Waals surface area contributed by atoms with Crippen molar-refractivity contribution in [1.82, 2.24) is 9.97 Å². The number of thiophene rings is 1. The van der Waals surface area contributed by atoms with E-state index in [1.54, 1.807) is 23.5 Å². The summed E-state index contributed by atoms with van der Waals surface area (Å²) in [5.74, 6) is 0.263. The van der Waals surface area contributed by atoms with Crippen LogP contribution in [0.2, 0.25) is 0 Å². The molecule has 31 heavy (non-hydrogen) atoms. The van der Waals surface area contributed by atoms with Crippen LogP contribution in [0.5, 0.6) is 5.88 Å². The molecule has 0 aliphatic carbocycles. The minimum Gasteiger partial charge on any atom is -0.473 e. The number of ketones is 1. The van der Waals surface area contributed by atoms with Gasteiger partial charge in [-0.1, -0.05) is 18.2 Å². The number of halogens is 2. The molecular weight excluding hydrogens is 437 g/mol. The summed E-state index contributed by atoms with van der Waals surface area (Å²) >= 11 is 1.60. The van der Waals surface area contributed by atoms with Gasteiger partial charge in [0.25, 0.3) is 0 Å². The van der Waals surface area contributed by atoms with Crippen LogP contribution in [0.4, 0.5) is 4.39 Å². The molecule has 0 spiro atoms. The third-order valence-electron chi connectivity index (χ3n) is 4.67. The molecule has 2 aromatic carbocycles. The molecule has 0 unspecified atom stereocenters. The highest BCUT2D eigenvalue weighted by atomic mass is 35.5. The minimum absolute atomic E-state index is 0. The number of hydrogen-bond acceptors (Lipinski definition) is 6. The zero-order valence-electron chi connectivity index (χ0n) is 16.6. The molecule has 5 nitrogen and oxygen atoms in total. The lowest BCUT2D eigenvalue weighted by Crippen LogP contribution is -2.04. The van der Waals surface area contributed by atoms with Gasteiger partial charge in [0.2, 0.25) is 5.88 Å². The number of fused-ring (bicyclic) bond motifs is 1. The number of nitrogens with two attached hydrogens (primary N) is 1. The van der Waals surface area contributed by atoms with Crippen LogP contribution in [0.1, 0.15) is 32.9 Å². The van der Waals surface area contributed by atoms with Crippen molar-refractivity contribution >= 4 is 39.6 Å². The van der Waals surface area contributed by atoms with E-state index in [2.05, 4.69) is 9.97 Å². The molecule has 2 heterocycles. The van der Waals surface area contributed by atoms with E-state index in [4.69, 9.17) is 10.5 Å². The monoisotopic (exact) mass is 457 g/mol. The number of aryl methyl sites for hydroxylation is 1. The SMILES string of the molecule is Cl.NCc1cc(OCc2cccc(C(=O)CCc3cc4cc(F)ccc4s3)c2)ncn1. The van der Waals surface area contributed by atoms with Crippen molar-refractivity contribution in [3.05, 3.63) is 88.4 Å². The number of hydrogen-bond donors (Lipinski definition) is 1. The third-order valence-corrected chi connectivity index (χ3v) is 5.85. The molecule has 0 saturated carbocycles. The molecule has 4 aromatic rings. The molecular formula is C23H21ClFN3O2S. The van der Waals surface area contributed by atoms with Crippen LogP contribution in [0.15, 0.2) is 60.9 Å². The Morgan fingerprint density at radius 1 is 1.10 bits per heavy atom. The number of nitrogens with zero attached hydrogens (tertiary/aromatic N) is 2. The number of carbonyl (C=O) groups is 1. The van der Waals surface area contributed by atoms with E-state index in [9.17, 15) is 9.18 Å². The Morgan fingerprint density at radius 2 is 1.97 bits per heavy atom. The smallest absolute Gasteiger partial charge is 0.216 e. The first kappa shape index (κ1) is 22.8. The summed E-state index contributed by atoms with van der Waals surface area (Å²) in [4.78, 5) is 21.8. The van der Waals surface area contributed by atoms with E-state index in [1.807, 2.05) is 30.3 Å². The normalized spacial score (nSPS) is 10.6. The molecule has 0 amide bonds. The van der Waals surface area contributed by atoms with Crippen molar-refractivity contribution in [2.24, 2.45) is 5.73 Å². The van der Waals surface area contributed by atoms with Crippen molar-refractivity contribution in [3.63, 3.8) is 0 Å². The van der Waals surface area contributed by atoms with Crippen molar-refractivity contribution < 1.29 is 13.9 Å². The number of rotatable bonds is 8. The second-order valence-electron chi connectivity index (χ2n) is 6.86. The molecule has 0 aliphatic rings. The Morgan fingerprint density at radius 3 is 2.81 bits per heavy atom. The van der Waals surface area contributed by atoms with Crippen LogP contribution < -0.4 is 10.5 Å². The zero-order valence-corrected chi connectivity index (χ0v) is 18.2. The first-order valence-electron chi connectivity index (χ1n) is 9.54. The Balaban J connectivity index is 0.00000272. The maximum atomic E-state index is 13.4. The van der Waals surface area contributed by atoms with Gasteiger partial charge in [-0.25, -0.2) is 14.4 Å². The summed E-state index contributed by atoms with van der Waals surface area (Å²) in [6.45, 7) is 0.613. The Hall–Kier alpha value is -2.87. The first-order valence-corrected chi connectivity index (χ1v) is 10.4. The molecule has 2 aromatic heterocycles. The predicted molar refractivity (Wildman–Crippen MR) is 122 cm³/mol. The van der Waals surface area contributed by atoms with Gasteiger partial charge in [0.1, 0.15) is 18.8 Å². The summed E-state index contributed by atoms with van der Waals surface area (Å²) < 4.78 is 20.1. The van der Waals surface area contributed by atoms with Gasteiger partial charge in [-0.05, 0) is 47.7 Å². The van der Waals surface area contributed by atoms with Gasteiger partial charge in [0.15, 0.2) is 5.78 Å². The molecule has 0 saturated heterocycles. The summed E-state index contributed by atoms with van der Waals surface area (Å²) in [5, 5.41) is 0.879. The van der Waals surface area contributed by atoms with E-state index < -0.39 is 0 Å². The van der Waals surface area contributed by atoms with Gasteiger partial charge in [-0.15, -0.1) is 23.7 Å². The summed E-state index contributed by atoms with van der Waals surface area (Å²) in [6, 6.07) is 15.8. The molecule has 0 atom stereocenters. The number of ether oxygens (including phenoxy) is 1. The third kappa shape index (κ3) is 5.85. The van der Waals surface area contributed by atoms with E-state index >= 15 is 0 Å². The lowest BCUT2D eigenvalue weighted by Gasteiger charge is -2.07. The Labute approximate surface area is 189 Å². The van der Waals surface area contributed by atoms with Crippen molar-refractivity contribution in [3.8, 4) is 5.88 Å². The Bertz CT molecular complexity index is 1200. The van der Waals surface area contributed by atoms with Crippen LogP contribution in [0.3, 0.4) is 0 Å². The van der Waals surface area contributed by atoms with E-state index in [0.717, 1.165) is 20.5 Å². The molecule has 8 heteroatoms. The topological polar surface area (TPSA) is 78.1 Å². The van der Waals surface area contributed by atoms with Gasteiger partial charge in [0.05, 0.1) is 5.69 Å². The zero-order chi connectivity index (χ0) is 20.9. The first-order chi connectivity index (χ1) is 14.6. The largest absolute Gasteiger partial charge is 0.473 e. The predicted octanol–water partition coefficient (Wildman–Crippen LogP) is 5.11. The maximum Gasteiger partial charge on any atom is 0.216 e. The van der Waals surface area contributed by atoms with Gasteiger partial charge in [-0.3, -0.25) is 4.79 Å². The molecule has 0 aliphatic heterocycles. The highest BCUT2D eigenvalue weighted by Crippen LogP contribution is 2.27. The van der Waals surface area contributed by atoms with Crippen LogP contribution in [0, 0.1) is 5.82 Å². The fraction of sp³-hybridized carbons (Fsp3) is 0.174. The van der Waals surface area contributed by atoms with Crippen molar-refractivity contribution in [2.75, 3.05) is 0 Å². The number of carbonyl (C=O) groups excluding carboxylic acids is 1. The number of aromatic nitrogens is 2. The quantitative estimate of drug-likeness (QED) is 0.372. The number of benzene rings is 2. The van der Waals surface area contributed by atoms with Gasteiger partial charge in [0, 0.05) is 34.2 Å². The second-order valence-corrected chi connectivity index (χ2v) is 8.03. The van der Waals surface area contributed by atoms with Crippen LogP contribution in [-0.4, -0.2) is 15.8 Å². The molecule has 2 N–H and O–H groups in total. The summed E-state index contributed by atoms with van der Waals surface area (Å²) in [7, 11) is 0.